The molecule has 2 atom stereocenters. The molecule has 2 saturated heterocycles. The molecule has 2 unspecified atom stereocenters. The molecule has 0 spiro atoms. The molecule has 0 aliphatic carbocycles. The number of carbonyl (C=O) groups is 1. The molecule has 0 bridgehead atoms. The predicted molar refractivity (Wildman–Crippen MR) is 80.6 cm³/mol. The lowest BCUT2D eigenvalue weighted by Gasteiger charge is -2.33. The van der Waals surface area contributed by atoms with E-state index in [0.29, 0.717) is 23.3 Å². The molecule has 2 heterocycles. The largest absolute Gasteiger partial charge is 0.399 e. The maximum atomic E-state index is 11.5. The second kappa shape index (κ2) is 5.32. The lowest BCUT2D eigenvalue weighted by atomic mass is 9.98. The number of rotatable bonds is 3. The molecule has 108 valence electrons. The summed E-state index contributed by atoms with van der Waals surface area (Å²) in [6.45, 7) is 2.33. The van der Waals surface area contributed by atoms with Gasteiger partial charge in [-0.3, -0.25) is 9.69 Å². The van der Waals surface area contributed by atoms with Crippen LogP contribution in [0.5, 0.6) is 0 Å². The minimum absolute atomic E-state index is 0.384. The van der Waals surface area contributed by atoms with Gasteiger partial charge in [-0.15, -0.1) is 0 Å². The van der Waals surface area contributed by atoms with Crippen molar-refractivity contribution in [1.29, 1.82) is 0 Å². The Hall–Kier alpha value is -1.75. The highest BCUT2D eigenvalue weighted by molar-refractivity contribution is 5.99. The highest BCUT2D eigenvalue weighted by Gasteiger charge is 2.35. The molecular weight excluding hydrogens is 252 g/mol. The zero-order chi connectivity index (χ0) is 14.1. The highest BCUT2D eigenvalue weighted by Crippen LogP contribution is 2.30. The molecule has 5 heteroatoms. The van der Waals surface area contributed by atoms with Crippen molar-refractivity contribution >= 4 is 17.3 Å². The third kappa shape index (κ3) is 2.45. The predicted octanol–water partition coefficient (Wildman–Crippen LogP) is 1.41. The van der Waals surface area contributed by atoms with Crippen molar-refractivity contribution in [3.8, 4) is 0 Å². The van der Waals surface area contributed by atoms with Gasteiger partial charge in [-0.2, -0.15) is 0 Å². The van der Waals surface area contributed by atoms with Crippen LogP contribution in [0.1, 0.15) is 36.0 Å². The molecule has 3 rings (SSSR count). The van der Waals surface area contributed by atoms with E-state index < -0.39 is 5.91 Å². The second-order valence-corrected chi connectivity index (χ2v) is 5.81. The minimum Gasteiger partial charge on any atom is -0.399 e. The molecule has 5 N–H and O–H groups in total. The summed E-state index contributed by atoms with van der Waals surface area (Å²) in [6.07, 6.45) is 4.93. The normalized spacial score (nSPS) is 26.2. The van der Waals surface area contributed by atoms with Crippen LogP contribution in [0.15, 0.2) is 18.2 Å². The van der Waals surface area contributed by atoms with Gasteiger partial charge in [0.25, 0.3) is 5.91 Å². The summed E-state index contributed by atoms with van der Waals surface area (Å²) in [5.74, 6) is -0.411. The van der Waals surface area contributed by atoms with Gasteiger partial charge in [0.15, 0.2) is 0 Å². The Balaban J connectivity index is 1.80. The molecular formula is C15H22N4O. The summed E-state index contributed by atoms with van der Waals surface area (Å²) < 4.78 is 0. The fourth-order valence-electron chi connectivity index (χ4n) is 3.51. The topological polar surface area (TPSA) is 84.4 Å². The molecule has 1 aromatic carbocycles. The summed E-state index contributed by atoms with van der Waals surface area (Å²) in [5.41, 5.74) is 13.2. The smallest absolute Gasteiger partial charge is 0.250 e. The van der Waals surface area contributed by atoms with Crippen LogP contribution >= 0.6 is 0 Å². The van der Waals surface area contributed by atoms with E-state index in [-0.39, 0.29) is 0 Å². The van der Waals surface area contributed by atoms with Gasteiger partial charge in [-0.25, -0.2) is 0 Å². The van der Waals surface area contributed by atoms with E-state index in [1.165, 1.54) is 25.8 Å². The summed E-state index contributed by atoms with van der Waals surface area (Å²) in [6, 6.07) is 6.19. The van der Waals surface area contributed by atoms with Gasteiger partial charge in [-0.05, 0) is 44.0 Å². The number of hydrogen-bond acceptors (Lipinski definition) is 4. The molecule has 5 nitrogen and oxygen atoms in total. The molecule has 2 aliphatic heterocycles. The molecule has 0 saturated carbocycles. The summed E-state index contributed by atoms with van der Waals surface area (Å²) in [4.78, 5) is 14.1. The standard InChI is InChI=1S/C15H22N4O/c16-10-4-5-11(15(17)20)13(9-10)18-12-6-8-19-7-2-1-3-14(12)19/h4-5,9,12,14,18H,1-3,6-8,16H2,(H2,17,20). The van der Waals surface area contributed by atoms with Crippen LogP contribution < -0.4 is 16.8 Å². The molecule has 2 aliphatic rings. The van der Waals surface area contributed by atoms with Crippen LogP contribution in [-0.4, -0.2) is 36.0 Å². The number of nitrogens with one attached hydrogen (secondary N) is 1. The van der Waals surface area contributed by atoms with Crippen LogP contribution in [0.4, 0.5) is 11.4 Å². The molecule has 1 amide bonds. The van der Waals surface area contributed by atoms with Gasteiger partial charge >= 0.3 is 0 Å². The van der Waals surface area contributed by atoms with E-state index in [0.717, 1.165) is 18.7 Å². The lowest BCUT2D eigenvalue weighted by molar-refractivity contribution is 0.100. The van der Waals surface area contributed by atoms with Crippen molar-refractivity contribution in [2.45, 2.75) is 37.8 Å². The van der Waals surface area contributed by atoms with Crippen molar-refractivity contribution in [2.24, 2.45) is 5.73 Å². The summed E-state index contributed by atoms with van der Waals surface area (Å²) in [5, 5.41) is 3.51. The lowest BCUT2D eigenvalue weighted by Crippen LogP contribution is -2.42. The van der Waals surface area contributed by atoms with Gasteiger partial charge < -0.3 is 16.8 Å². The third-order valence-corrected chi connectivity index (χ3v) is 4.51. The highest BCUT2D eigenvalue weighted by atomic mass is 16.1. The van der Waals surface area contributed by atoms with Gasteiger partial charge in [0.1, 0.15) is 0 Å². The number of carbonyl (C=O) groups excluding carboxylic acids is 1. The van der Waals surface area contributed by atoms with Crippen molar-refractivity contribution in [1.82, 2.24) is 4.90 Å². The van der Waals surface area contributed by atoms with E-state index in [4.69, 9.17) is 11.5 Å². The third-order valence-electron chi connectivity index (χ3n) is 4.51. The fraction of sp³-hybridized carbons (Fsp3) is 0.533. The number of amides is 1. The number of anilines is 2. The number of nitrogens with zero attached hydrogens (tertiary/aromatic N) is 1. The van der Waals surface area contributed by atoms with E-state index >= 15 is 0 Å². The van der Waals surface area contributed by atoms with Crippen LogP contribution in [0.2, 0.25) is 0 Å². The first-order valence-electron chi connectivity index (χ1n) is 7.35. The van der Waals surface area contributed by atoms with Crippen molar-refractivity contribution in [3.05, 3.63) is 23.8 Å². The van der Waals surface area contributed by atoms with Crippen molar-refractivity contribution < 1.29 is 4.79 Å². The van der Waals surface area contributed by atoms with Crippen LogP contribution in [0, 0.1) is 0 Å². The zero-order valence-corrected chi connectivity index (χ0v) is 11.6. The van der Waals surface area contributed by atoms with Gasteiger partial charge in [0, 0.05) is 30.0 Å². The van der Waals surface area contributed by atoms with Crippen LogP contribution in [-0.2, 0) is 0 Å². The Kier molecular flexibility index (Phi) is 3.53. The Morgan fingerprint density at radius 1 is 1.25 bits per heavy atom. The van der Waals surface area contributed by atoms with E-state index in [1.54, 1.807) is 12.1 Å². The number of piperidine rings is 1. The Morgan fingerprint density at radius 3 is 2.90 bits per heavy atom. The molecule has 2 fully saturated rings. The number of primary amides is 1. The van der Waals surface area contributed by atoms with E-state index in [9.17, 15) is 4.79 Å². The number of benzene rings is 1. The van der Waals surface area contributed by atoms with Crippen molar-refractivity contribution in [3.63, 3.8) is 0 Å². The number of nitrogen functional groups attached to an aromatic ring is 1. The van der Waals surface area contributed by atoms with Crippen LogP contribution in [0.3, 0.4) is 0 Å². The summed E-state index contributed by atoms with van der Waals surface area (Å²) >= 11 is 0. The molecule has 1 aromatic rings. The zero-order valence-electron chi connectivity index (χ0n) is 11.6. The maximum Gasteiger partial charge on any atom is 0.250 e. The average Bonchev–Trinajstić information content (AvgIpc) is 2.82. The maximum absolute atomic E-state index is 11.5. The Labute approximate surface area is 119 Å². The number of fused-ring (bicyclic) bond motifs is 1. The van der Waals surface area contributed by atoms with E-state index in [2.05, 4.69) is 10.2 Å². The first kappa shape index (κ1) is 13.2. The number of nitrogens with two attached hydrogens (primary N) is 2. The monoisotopic (exact) mass is 274 g/mol. The van der Waals surface area contributed by atoms with Gasteiger partial charge in [-0.1, -0.05) is 6.42 Å². The average molecular weight is 274 g/mol. The number of hydrogen-bond donors (Lipinski definition) is 3. The van der Waals surface area contributed by atoms with Gasteiger partial charge in [0.2, 0.25) is 0 Å². The Bertz CT molecular complexity index is 517. The SMILES string of the molecule is NC(=O)c1ccc(N)cc1NC1CCN2CCCCC12. The quantitative estimate of drug-likeness (QED) is 0.728. The molecule has 0 aromatic heterocycles. The molecule has 0 radical (unpaired) electrons. The first-order valence-corrected chi connectivity index (χ1v) is 7.35. The minimum atomic E-state index is -0.411. The second-order valence-electron chi connectivity index (χ2n) is 5.81. The fourth-order valence-corrected chi connectivity index (χ4v) is 3.51. The summed E-state index contributed by atoms with van der Waals surface area (Å²) in [7, 11) is 0. The van der Waals surface area contributed by atoms with Crippen LogP contribution in [0.25, 0.3) is 0 Å². The van der Waals surface area contributed by atoms with Crippen molar-refractivity contribution in [2.75, 3.05) is 24.1 Å². The Morgan fingerprint density at radius 2 is 2.10 bits per heavy atom. The molecule has 20 heavy (non-hydrogen) atoms. The van der Waals surface area contributed by atoms with Gasteiger partial charge in [0.05, 0.1) is 5.56 Å². The first-order chi connectivity index (χ1) is 9.65. The van der Waals surface area contributed by atoms with E-state index in [1.807, 2.05) is 6.07 Å².